The number of rotatable bonds is 5. The molecule has 2 aromatic rings. The van der Waals surface area contributed by atoms with Crippen LogP contribution < -0.4 is 10.6 Å². The molecule has 0 saturated carbocycles. The highest BCUT2D eigenvalue weighted by atomic mass is 16.2. The lowest BCUT2D eigenvalue weighted by Crippen LogP contribution is -2.52. The molecule has 0 saturated heterocycles. The number of nitrogens with zero attached hydrogens (tertiary/aromatic N) is 2. The Kier molecular flexibility index (Phi) is 5.36. The van der Waals surface area contributed by atoms with Gasteiger partial charge in [0.15, 0.2) is 0 Å². The molecule has 6 rings (SSSR count). The minimum atomic E-state index is -0.503. The van der Waals surface area contributed by atoms with Crippen LogP contribution in [0.1, 0.15) is 29.5 Å². The summed E-state index contributed by atoms with van der Waals surface area (Å²) >= 11 is 0. The van der Waals surface area contributed by atoms with E-state index in [9.17, 15) is 9.59 Å². The lowest BCUT2D eigenvalue weighted by Gasteiger charge is -2.36. The van der Waals surface area contributed by atoms with Crippen molar-refractivity contribution < 1.29 is 9.59 Å². The molecule has 2 aromatic carbocycles. The second-order valence-electron chi connectivity index (χ2n) is 9.51. The molecule has 2 N–H and O–H groups in total. The van der Waals surface area contributed by atoms with Crippen LogP contribution in [0.3, 0.4) is 0 Å². The molecule has 35 heavy (non-hydrogen) atoms. The van der Waals surface area contributed by atoms with Crippen molar-refractivity contribution in [3.05, 3.63) is 88.0 Å². The Bertz CT molecular complexity index is 1360. The van der Waals surface area contributed by atoms with Gasteiger partial charge in [-0.25, -0.2) is 0 Å². The minimum absolute atomic E-state index is 0.0368. The standard InChI is InChI=1S/C29H28N4O2/c1-30-28(34)27-15-25-21(13-18-5-2-3-7-23(18)25)17-33(27)29(35)24-8-4-6-20(24)16-32-22-9-10-26-19(14-22)11-12-31-26/h2-7,9-10,12,14,27,32H,8,11,13,15-17H2,1H3,(H,30,34)/t27-/m1/s1. The molecule has 4 aliphatic rings. The number of carbonyl (C=O) groups excluding carboxylic acids is 2. The number of hydrogen-bond donors (Lipinski definition) is 2. The van der Waals surface area contributed by atoms with E-state index in [1.807, 2.05) is 36.6 Å². The second kappa shape index (κ2) is 8.69. The Morgan fingerprint density at radius 2 is 2.00 bits per heavy atom. The maximum absolute atomic E-state index is 13.8. The van der Waals surface area contributed by atoms with Gasteiger partial charge in [-0.05, 0) is 64.5 Å². The average molecular weight is 465 g/mol. The predicted molar refractivity (Wildman–Crippen MR) is 139 cm³/mol. The van der Waals surface area contributed by atoms with E-state index >= 15 is 0 Å². The van der Waals surface area contributed by atoms with Gasteiger partial charge in [0.2, 0.25) is 5.91 Å². The van der Waals surface area contributed by atoms with Gasteiger partial charge >= 0.3 is 0 Å². The molecule has 1 atom stereocenters. The SMILES string of the molecule is CNC(=O)[C@H]1CC2=C(Cc3ccccc32)CN1C(=O)C1=C(CNc2ccc3c(c2)CC=N3)C=CC1. The molecule has 0 bridgehead atoms. The van der Waals surface area contributed by atoms with Crippen LogP contribution in [-0.4, -0.2) is 49.1 Å². The molecule has 0 unspecified atom stereocenters. The molecule has 176 valence electrons. The molecule has 2 aliphatic heterocycles. The van der Waals surface area contributed by atoms with Crippen molar-refractivity contribution in [2.45, 2.75) is 31.7 Å². The van der Waals surface area contributed by atoms with E-state index in [0.717, 1.165) is 35.4 Å². The Balaban J connectivity index is 1.24. The highest BCUT2D eigenvalue weighted by Crippen LogP contribution is 2.41. The van der Waals surface area contributed by atoms with E-state index in [1.54, 1.807) is 11.9 Å². The molecule has 6 nitrogen and oxygen atoms in total. The Labute approximate surface area is 205 Å². The Morgan fingerprint density at radius 1 is 1.11 bits per heavy atom. The second-order valence-corrected chi connectivity index (χ2v) is 9.51. The third-order valence-corrected chi connectivity index (χ3v) is 7.51. The summed E-state index contributed by atoms with van der Waals surface area (Å²) in [4.78, 5) is 32.9. The number of fused-ring (bicyclic) bond motifs is 3. The fourth-order valence-corrected chi connectivity index (χ4v) is 5.67. The third kappa shape index (κ3) is 3.79. The van der Waals surface area contributed by atoms with Crippen molar-refractivity contribution in [3.8, 4) is 0 Å². The maximum atomic E-state index is 13.8. The van der Waals surface area contributed by atoms with Crippen LogP contribution in [0.25, 0.3) is 5.57 Å². The quantitative estimate of drug-likeness (QED) is 0.703. The first kappa shape index (κ1) is 21.6. The number of hydrogen-bond acceptors (Lipinski definition) is 4. The van der Waals surface area contributed by atoms with Crippen molar-refractivity contribution in [2.24, 2.45) is 4.99 Å². The van der Waals surface area contributed by atoms with Gasteiger partial charge in [0.1, 0.15) is 6.04 Å². The summed E-state index contributed by atoms with van der Waals surface area (Å²) in [5, 5.41) is 6.26. The molecule has 6 heteroatoms. The number of anilines is 1. The molecule has 2 aliphatic carbocycles. The Morgan fingerprint density at radius 3 is 2.89 bits per heavy atom. The summed E-state index contributed by atoms with van der Waals surface area (Å²) in [5.74, 6) is -0.147. The molecule has 2 amide bonds. The lowest BCUT2D eigenvalue weighted by atomic mass is 9.91. The van der Waals surface area contributed by atoms with E-state index in [4.69, 9.17) is 0 Å². The van der Waals surface area contributed by atoms with Crippen LogP contribution in [0.2, 0.25) is 0 Å². The fourth-order valence-electron chi connectivity index (χ4n) is 5.67. The van der Waals surface area contributed by atoms with Gasteiger partial charge in [-0.1, -0.05) is 36.4 Å². The first-order valence-corrected chi connectivity index (χ1v) is 12.2. The van der Waals surface area contributed by atoms with Crippen molar-refractivity contribution in [2.75, 3.05) is 25.5 Å². The van der Waals surface area contributed by atoms with Crippen LogP contribution in [-0.2, 0) is 22.4 Å². The fraction of sp³-hybridized carbons (Fsp3) is 0.276. The molecule has 2 heterocycles. The maximum Gasteiger partial charge on any atom is 0.251 e. The Hall–Kier alpha value is -3.93. The van der Waals surface area contributed by atoms with Crippen molar-refractivity contribution in [1.82, 2.24) is 10.2 Å². The molecular weight excluding hydrogens is 436 g/mol. The molecule has 0 fully saturated rings. The number of benzene rings is 2. The van der Waals surface area contributed by atoms with E-state index in [2.05, 4.69) is 39.9 Å². The van der Waals surface area contributed by atoms with Gasteiger partial charge in [-0.3, -0.25) is 14.6 Å². The van der Waals surface area contributed by atoms with Gasteiger partial charge in [0.05, 0.1) is 5.69 Å². The first-order chi connectivity index (χ1) is 17.1. The number of aliphatic imine (C=N–C) groups is 1. The van der Waals surface area contributed by atoms with Crippen molar-refractivity contribution >= 4 is 35.0 Å². The van der Waals surface area contributed by atoms with Crippen LogP contribution in [0.4, 0.5) is 11.4 Å². The highest BCUT2D eigenvalue weighted by molar-refractivity contribution is 6.00. The molecule has 0 aromatic heterocycles. The number of allylic oxidation sites excluding steroid dienone is 1. The van der Waals surface area contributed by atoms with Gasteiger partial charge in [0, 0.05) is 50.5 Å². The van der Waals surface area contributed by atoms with E-state index in [-0.39, 0.29) is 11.8 Å². The zero-order valence-electron chi connectivity index (χ0n) is 19.8. The van der Waals surface area contributed by atoms with Crippen molar-refractivity contribution in [1.29, 1.82) is 0 Å². The summed E-state index contributed by atoms with van der Waals surface area (Å²) in [7, 11) is 1.64. The van der Waals surface area contributed by atoms with Gasteiger partial charge in [0.25, 0.3) is 5.91 Å². The van der Waals surface area contributed by atoms with Gasteiger partial charge in [-0.2, -0.15) is 0 Å². The van der Waals surface area contributed by atoms with E-state index < -0.39 is 6.04 Å². The van der Waals surface area contributed by atoms with Crippen molar-refractivity contribution in [3.63, 3.8) is 0 Å². The number of amides is 2. The van der Waals surface area contributed by atoms with Crippen LogP contribution in [0, 0.1) is 0 Å². The summed E-state index contributed by atoms with van der Waals surface area (Å²) in [5.41, 5.74) is 10.0. The monoisotopic (exact) mass is 464 g/mol. The summed E-state index contributed by atoms with van der Waals surface area (Å²) in [6, 6.07) is 14.1. The number of carbonyl (C=O) groups is 2. The smallest absolute Gasteiger partial charge is 0.251 e. The van der Waals surface area contributed by atoms with Crippen LogP contribution >= 0.6 is 0 Å². The summed E-state index contributed by atoms with van der Waals surface area (Å²) in [6.45, 7) is 1.06. The number of nitrogens with one attached hydrogen (secondary N) is 2. The zero-order valence-corrected chi connectivity index (χ0v) is 19.8. The molecule has 0 radical (unpaired) electrons. The lowest BCUT2D eigenvalue weighted by molar-refractivity contribution is -0.137. The highest BCUT2D eigenvalue weighted by Gasteiger charge is 2.39. The predicted octanol–water partition coefficient (Wildman–Crippen LogP) is 3.97. The third-order valence-electron chi connectivity index (χ3n) is 7.51. The normalized spacial score (nSPS) is 19.7. The largest absolute Gasteiger partial charge is 0.381 e. The topological polar surface area (TPSA) is 73.8 Å². The van der Waals surface area contributed by atoms with E-state index in [0.29, 0.717) is 25.9 Å². The molecular formula is C29H28N4O2. The van der Waals surface area contributed by atoms with E-state index in [1.165, 1.54) is 27.8 Å². The van der Waals surface area contributed by atoms with Gasteiger partial charge < -0.3 is 15.5 Å². The molecule has 0 spiro atoms. The average Bonchev–Trinajstić information content (AvgIpc) is 3.63. The van der Waals surface area contributed by atoms with Crippen LogP contribution in [0.5, 0.6) is 0 Å². The summed E-state index contributed by atoms with van der Waals surface area (Å²) < 4.78 is 0. The minimum Gasteiger partial charge on any atom is -0.381 e. The number of likely N-dealkylation sites (N-methyl/N-ethyl adjacent to an activating group) is 1. The first-order valence-electron chi connectivity index (χ1n) is 12.2. The van der Waals surface area contributed by atoms with Gasteiger partial charge in [-0.15, -0.1) is 0 Å². The zero-order chi connectivity index (χ0) is 23.9. The van der Waals surface area contributed by atoms with Crippen LogP contribution in [0.15, 0.2) is 76.3 Å². The summed E-state index contributed by atoms with van der Waals surface area (Å²) in [6.07, 6.45) is 8.86.